The quantitative estimate of drug-likeness (QED) is 0.0493. The van der Waals surface area contributed by atoms with Crippen LogP contribution in [-0.4, -0.2) is 70.2 Å². The molecule has 8 aromatic rings. The first kappa shape index (κ1) is 92.6. The van der Waals surface area contributed by atoms with Gasteiger partial charge in [0.1, 0.15) is 22.4 Å². The Morgan fingerprint density at radius 2 is 0.475 bits per heavy atom. The summed E-state index contributed by atoms with van der Waals surface area (Å²) in [4.78, 5) is 103. The van der Waals surface area contributed by atoms with Gasteiger partial charge >= 0.3 is 47.8 Å². The highest BCUT2D eigenvalue weighted by molar-refractivity contribution is 6.43. The van der Waals surface area contributed by atoms with Crippen LogP contribution in [0.4, 0.5) is 0 Å². The van der Waals surface area contributed by atoms with Crippen molar-refractivity contribution in [3.8, 4) is 24.3 Å². The lowest BCUT2D eigenvalue weighted by Crippen LogP contribution is -2.42. The first-order chi connectivity index (χ1) is 56.2. The number of hydrogen-bond donors (Lipinski definition) is 0. The Morgan fingerprint density at radius 1 is 0.300 bits per heavy atom. The van der Waals surface area contributed by atoms with E-state index >= 15 is 0 Å². The molecule has 8 aromatic carbocycles. The molecular formula is C92H76Cl8N4O16. The van der Waals surface area contributed by atoms with Crippen molar-refractivity contribution in [2.45, 2.75) is 154 Å². The Balaban J connectivity index is 0.000000182. The summed E-state index contributed by atoms with van der Waals surface area (Å²) in [6, 6.07) is 54.4. The van der Waals surface area contributed by atoms with E-state index in [0.717, 1.165) is 0 Å². The zero-order chi connectivity index (χ0) is 88.4. The molecule has 0 aliphatic carbocycles. The molecule has 0 radical (unpaired) electrons. The van der Waals surface area contributed by atoms with Crippen LogP contribution in [0.25, 0.3) is 24.3 Å². The molecule has 0 fully saturated rings. The van der Waals surface area contributed by atoms with E-state index in [1.807, 2.05) is 0 Å². The summed E-state index contributed by atoms with van der Waals surface area (Å²) < 4.78 is 44.6. The lowest BCUT2D eigenvalue weighted by atomic mass is 9.85. The van der Waals surface area contributed by atoms with Crippen molar-refractivity contribution in [1.82, 2.24) is 0 Å². The second-order valence-corrected chi connectivity index (χ2v) is 34.8. The van der Waals surface area contributed by atoms with Gasteiger partial charge in [0.2, 0.25) is 22.4 Å². The van der Waals surface area contributed by atoms with Gasteiger partial charge in [0.25, 0.3) is 0 Å². The van der Waals surface area contributed by atoms with Gasteiger partial charge in [-0.2, -0.15) is 21.0 Å². The lowest BCUT2D eigenvalue weighted by Gasteiger charge is -2.30. The zero-order valence-corrected chi connectivity index (χ0v) is 72.7. The molecule has 0 saturated carbocycles. The number of ether oxygens (including phenoxy) is 8. The standard InChI is InChI=1S/4C23H19Cl2NO4/c4*1-22(2,3)30-21(28)23(17-7-5-4-6-16(17)20(27)29-23)12-15(13-26)10-14-8-9-18(24)19(25)11-14/h4*4-11H,12H2,1-3H3/b4*15-10-/t4*23-/m0000/s1. The average Bonchev–Trinajstić information content (AvgIpc) is 1.61. The third kappa shape index (κ3) is 22.0. The summed E-state index contributed by atoms with van der Waals surface area (Å²) in [6.07, 6.45) is 5.57. The fourth-order valence-electron chi connectivity index (χ4n) is 12.8. The second kappa shape index (κ2) is 37.6. The molecule has 4 aliphatic heterocycles. The number of hydrogen-bond acceptors (Lipinski definition) is 20. The van der Waals surface area contributed by atoms with Gasteiger partial charge < -0.3 is 37.9 Å². The fourth-order valence-corrected chi connectivity index (χ4v) is 14.0. The molecule has 12 rings (SSSR count). The minimum absolute atomic E-state index is 0.179. The molecule has 28 heteroatoms. The van der Waals surface area contributed by atoms with E-state index in [1.54, 1.807) is 277 Å². The van der Waals surface area contributed by atoms with Crippen LogP contribution >= 0.6 is 92.8 Å². The van der Waals surface area contributed by atoms with Crippen molar-refractivity contribution in [3.05, 3.63) is 299 Å². The predicted octanol–water partition coefficient (Wildman–Crippen LogP) is 22.8. The topological polar surface area (TPSA) is 306 Å². The summed E-state index contributed by atoms with van der Waals surface area (Å²) >= 11 is 48.0. The van der Waals surface area contributed by atoms with Crippen molar-refractivity contribution in [3.63, 3.8) is 0 Å². The minimum atomic E-state index is -1.75. The van der Waals surface area contributed by atoms with E-state index in [4.69, 9.17) is 131 Å². The smallest absolute Gasteiger partial charge is 0.356 e. The Labute approximate surface area is 733 Å². The van der Waals surface area contributed by atoms with E-state index in [2.05, 4.69) is 24.3 Å². The first-order valence-electron chi connectivity index (χ1n) is 36.7. The van der Waals surface area contributed by atoms with Gasteiger partial charge in [-0.1, -0.05) is 190 Å². The number of nitrogens with zero attached hydrogens (tertiary/aromatic N) is 4. The van der Waals surface area contributed by atoms with Gasteiger partial charge in [-0.25, -0.2) is 38.4 Å². The van der Waals surface area contributed by atoms with Crippen LogP contribution in [0, 0.1) is 45.3 Å². The number of rotatable bonds is 16. The number of carbonyl (C=O) groups is 8. The van der Waals surface area contributed by atoms with Gasteiger partial charge in [-0.15, -0.1) is 0 Å². The molecule has 4 aliphatic rings. The molecule has 4 atom stereocenters. The average molecular weight is 1780 g/mol. The number of cyclic esters (lactones) is 4. The van der Waals surface area contributed by atoms with Crippen molar-refractivity contribution in [2.24, 2.45) is 0 Å². The van der Waals surface area contributed by atoms with Gasteiger partial charge in [0.05, 0.1) is 86.7 Å². The number of fused-ring (bicyclic) bond motifs is 4. The molecule has 0 spiro atoms. The number of carbonyl (C=O) groups excluding carboxylic acids is 8. The summed E-state index contributed by atoms with van der Waals surface area (Å²) in [5.74, 6) is -5.47. The molecular weight excluding hydrogens is 1700 g/mol. The lowest BCUT2D eigenvalue weighted by molar-refractivity contribution is -0.178. The zero-order valence-electron chi connectivity index (χ0n) is 66.6. The van der Waals surface area contributed by atoms with E-state index < -0.39 is 92.6 Å². The second-order valence-electron chi connectivity index (χ2n) is 31.6. The third-order valence-electron chi connectivity index (χ3n) is 17.8. The fraction of sp³-hybridized carbons (Fsp3) is 0.261. The SMILES string of the molecule is CC(C)(C)OC(=O)[C@@]1(C/C(C#N)=C/c2ccc(Cl)c(Cl)c2)OC(=O)c2ccccc21.CC(C)(C)OC(=O)[C@@]1(C/C(C#N)=C/c2ccc(Cl)c(Cl)c2)OC(=O)c2ccccc21.CC(C)(C)OC(=O)[C@@]1(C/C(C#N)=C/c2ccc(Cl)c(Cl)c2)OC(=O)c2ccccc21.CC(C)(C)OC(=O)[C@@]1(C/C(C#N)=C/c2ccc(Cl)c(Cl)c2)OC(=O)c2ccccc21. The van der Waals surface area contributed by atoms with Crippen LogP contribution in [0.2, 0.25) is 40.2 Å². The Hall–Kier alpha value is -11.2. The molecule has 0 unspecified atom stereocenters. The monoisotopic (exact) mass is 1770 g/mol. The van der Waals surface area contributed by atoms with E-state index in [1.165, 1.54) is 0 Å². The molecule has 0 N–H and O–H groups in total. The van der Waals surface area contributed by atoms with Crippen LogP contribution in [-0.2, 0) is 79.5 Å². The number of halogens is 8. The number of esters is 8. The molecule has 0 aromatic heterocycles. The third-order valence-corrected chi connectivity index (χ3v) is 20.7. The van der Waals surface area contributed by atoms with E-state index in [-0.39, 0.29) is 70.2 Å². The largest absolute Gasteiger partial charge is 0.457 e. The van der Waals surface area contributed by atoms with Crippen LogP contribution in [0.15, 0.2) is 192 Å². The molecule has 616 valence electrons. The van der Waals surface area contributed by atoms with Gasteiger partial charge in [-0.05, 0) is 202 Å². The Morgan fingerprint density at radius 3 is 0.633 bits per heavy atom. The Kier molecular flexibility index (Phi) is 29.0. The normalized spacial score (nSPS) is 18.4. The van der Waals surface area contributed by atoms with Crippen LogP contribution in [0.3, 0.4) is 0 Å². The number of nitriles is 4. The summed E-state index contributed by atoms with van der Waals surface area (Å²) in [6.45, 7) is 20.6. The van der Waals surface area contributed by atoms with E-state index in [0.29, 0.717) is 84.7 Å². The molecule has 0 saturated heterocycles. The maximum Gasteiger partial charge on any atom is 0.356 e. The highest BCUT2D eigenvalue weighted by Crippen LogP contribution is 2.49. The minimum Gasteiger partial charge on any atom is -0.457 e. The molecule has 0 amide bonds. The molecule has 0 bridgehead atoms. The molecule has 20 nitrogen and oxygen atoms in total. The van der Waals surface area contributed by atoms with Crippen molar-refractivity contribution in [2.75, 3.05) is 0 Å². The van der Waals surface area contributed by atoms with Gasteiger partial charge in [-0.3, -0.25) is 0 Å². The van der Waals surface area contributed by atoms with Crippen LogP contribution < -0.4 is 0 Å². The first-order valence-corrected chi connectivity index (χ1v) is 39.7. The predicted molar refractivity (Wildman–Crippen MR) is 456 cm³/mol. The van der Waals surface area contributed by atoms with Gasteiger partial charge in [0, 0.05) is 70.2 Å². The van der Waals surface area contributed by atoms with E-state index in [9.17, 15) is 59.4 Å². The van der Waals surface area contributed by atoms with Crippen molar-refractivity contribution >= 4 is 165 Å². The van der Waals surface area contributed by atoms with Gasteiger partial charge in [0.15, 0.2) is 0 Å². The summed E-state index contributed by atoms with van der Waals surface area (Å²) in [5.41, 5.74) is -4.32. The van der Waals surface area contributed by atoms with Crippen LogP contribution in [0.5, 0.6) is 0 Å². The molecule has 120 heavy (non-hydrogen) atoms. The Bertz CT molecular complexity index is 5080. The van der Waals surface area contributed by atoms with Crippen molar-refractivity contribution < 1.29 is 76.3 Å². The highest BCUT2D eigenvalue weighted by Gasteiger charge is 2.58. The van der Waals surface area contributed by atoms with Crippen molar-refractivity contribution in [1.29, 1.82) is 21.0 Å². The number of benzene rings is 8. The highest BCUT2D eigenvalue weighted by atomic mass is 35.5. The van der Waals surface area contributed by atoms with Crippen LogP contribution in [0.1, 0.15) is 195 Å². The molecule has 4 heterocycles. The summed E-state index contributed by atoms with van der Waals surface area (Å²) in [7, 11) is 0. The maximum atomic E-state index is 13.2. The summed E-state index contributed by atoms with van der Waals surface area (Å²) in [5, 5.41) is 41.9. The maximum absolute atomic E-state index is 13.2.